The molecule has 0 bridgehead atoms. The summed E-state index contributed by atoms with van der Waals surface area (Å²) in [5.74, 6) is 0.906. The van der Waals surface area contributed by atoms with Crippen LogP contribution in [0.5, 0.6) is 5.75 Å². The molecule has 0 spiro atoms. The number of carbonyl (C=O) groups excluding carboxylic acids is 1. The van der Waals surface area contributed by atoms with Gasteiger partial charge in [0.2, 0.25) is 0 Å². The fourth-order valence-electron chi connectivity index (χ4n) is 1.83. The highest BCUT2D eigenvalue weighted by Gasteiger charge is 2.13. The zero-order valence-corrected chi connectivity index (χ0v) is 11.1. The lowest BCUT2D eigenvalue weighted by molar-refractivity contribution is 0.211. The minimum Gasteiger partial charge on any atom is -0.408 e. The summed E-state index contributed by atoms with van der Waals surface area (Å²) in [4.78, 5) is 22.7. The number of amides is 1. The molecule has 0 saturated heterocycles. The van der Waals surface area contributed by atoms with Crippen LogP contribution >= 0.6 is 11.3 Å². The molecule has 0 fully saturated rings. The molecular formula is C12H11N5O2S. The van der Waals surface area contributed by atoms with E-state index in [1.165, 1.54) is 11.3 Å². The Bertz CT molecular complexity index is 779. The first-order valence-electron chi connectivity index (χ1n) is 5.78. The van der Waals surface area contributed by atoms with Gasteiger partial charge in [-0.15, -0.1) is 11.3 Å². The summed E-state index contributed by atoms with van der Waals surface area (Å²) in [6.45, 7) is 0.390. The topological polar surface area (TPSA) is 120 Å². The van der Waals surface area contributed by atoms with E-state index in [0.29, 0.717) is 29.3 Å². The Morgan fingerprint density at radius 1 is 1.40 bits per heavy atom. The standard InChI is InChI=1S/C12H11N5O2S/c13-4-9-15-7(5-20-9)11-16-6-2-1-3-8(10(6)17-11)19-12(14)18/h1-3,5H,4,13H2,(H2,14,18)(H,16,17). The highest BCUT2D eigenvalue weighted by molar-refractivity contribution is 7.09. The van der Waals surface area contributed by atoms with Crippen LogP contribution in [-0.4, -0.2) is 21.0 Å². The van der Waals surface area contributed by atoms with Gasteiger partial charge in [-0.2, -0.15) is 0 Å². The third-order valence-electron chi connectivity index (χ3n) is 2.66. The molecule has 3 aromatic rings. The summed E-state index contributed by atoms with van der Waals surface area (Å²) < 4.78 is 4.92. The molecule has 0 atom stereocenters. The van der Waals surface area contributed by atoms with E-state index in [0.717, 1.165) is 10.5 Å². The Hall–Kier alpha value is -2.45. The van der Waals surface area contributed by atoms with Gasteiger partial charge in [-0.3, -0.25) is 0 Å². The fourth-order valence-corrected chi connectivity index (χ4v) is 2.49. The molecule has 2 heterocycles. The summed E-state index contributed by atoms with van der Waals surface area (Å²) in [6.07, 6.45) is -0.874. The number of benzene rings is 1. The summed E-state index contributed by atoms with van der Waals surface area (Å²) in [6, 6.07) is 5.20. The van der Waals surface area contributed by atoms with Crippen molar-refractivity contribution in [3.05, 3.63) is 28.6 Å². The number of para-hydroxylation sites is 1. The van der Waals surface area contributed by atoms with Crippen molar-refractivity contribution in [2.75, 3.05) is 0 Å². The monoisotopic (exact) mass is 289 g/mol. The predicted octanol–water partition coefficient (Wildman–Crippen LogP) is 1.60. The van der Waals surface area contributed by atoms with Crippen molar-refractivity contribution >= 4 is 28.5 Å². The number of ether oxygens (including phenoxy) is 1. The van der Waals surface area contributed by atoms with Gasteiger partial charge in [-0.1, -0.05) is 6.07 Å². The molecule has 8 heteroatoms. The number of rotatable bonds is 3. The molecule has 0 unspecified atom stereocenters. The van der Waals surface area contributed by atoms with Crippen molar-refractivity contribution in [3.8, 4) is 17.3 Å². The van der Waals surface area contributed by atoms with E-state index >= 15 is 0 Å². The number of aromatic nitrogens is 3. The molecule has 0 aliphatic rings. The molecule has 0 aliphatic heterocycles. The van der Waals surface area contributed by atoms with Gasteiger partial charge in [0.15, 0.2) is 11.6 Å². The van der Waals surface area contributed by atoms with Gasteiger partial charge >= 0.3 is 6.09 Å². The molecule has 5 N–H and O–H groups in total. The molecule has 3 rings (SSSR count). The maximum absolute atomic E-state index is 10.9. The highest BCUT2D eigenvalue weighted by atomic mass is 32.1. The Balaban J connectivity index is 2.08. The van der Waals surface area contributed by atoms with E-state index < -0.39 is 6.09 Å². The second-order valence-corrected chi connectivity index (χ2v) is 4.93. The molecule has 2 aromatic heterocycles. The van der Waals surface area contributed by atoms with Crippen molar-refractivity contribution in [3.63, 3.8) is 0 Å². The van der Waals surface area contributed by atoms with E-state index in [2.05, 4.69) is 15.0 Å². The first-order valence-corrected chi connectivity index (χ1v) is 6.66. The Morgan fingerprint density at radius 2 is 2.25 bits per heavy atom. The van der Waals surface area contributed by atoms with Gasteiger partial charge in [0.25, 0.3) is 0 Å². The van der Waals surface area contributed by atoms with Crippen molar-refractivity contribution in [1.82, 2.24) is 15.0 Å². The number of hydrogen-bond donors (Lipinski definition) is 3. The molecular weight excluding hydrogens is 278 g/mol. The van der Waals surface area contributed by atoms with E-state index in [9.17, 15) is 4.79 Å². The number of imidazole rings is 1. The van der Waals surface area contributed by atoms with Crippen LogP contribution in [0.3, 0.4) is 0 Å². The maximum Gasteiger partial charge on any atom is 0.410 e. The average Bonchev–Trinajstić information content (AvgIpc) is 3.04. The smallest absolute Gasteiger partial charge is 0.408 e. The zero-order valence-electron chi connectivity index (χ0n) is 10.3. The number of H-pyrrole nitrogens is 1. The van der Waals surface area contributed by atoms with Gasteiger partial charge in [-0.05, 0) is 12.1 Å². The number of primary amides is 1. The minimum absolute atomic E-state index is 0.312. The molecule has 7 nitrogen and oxygen atoms in total. The number of aromatic amines is 1. The normalized spacial score (nSPS) is 10.8. The summed E-state index contributed by atoms with van der Waals surface area (Å²) in [5.41, 5.74) is 12.5. The molecule has 0 aliphatic carbocycles. The predicted molar refractivity (Wildman–Crippen MR) is 75.3 cm³/mol. The summed E-state index contributed by atoms with van der Waals surface area (Å²) in [5, 5.41) is 2.70. The fraction of sp³-hybridized carbons (Fsp3) is 0.0833. The number of fused-ring (bicyclic) bond motifs is 1. The van der Waals surface area contributed by atoms with E-state index in [4.69, 9.17) is 16.2 Å². The van der Waals surface area contributed by atoms with Crippen LogP contribution in [-0.2, 0) is 6.54 Å². The highest BCUT2D eigenvalue weighted by Crippen LogP contribution is 2.27. The third-order valence-corrected chi connectivity index (χ3v) is 3.53. The van der Waals surface area contributed by atoms with Gasteiger partial charge in [0.1, 0.15) is 16.2 Å². The van der Waals surface area contributed by atoms with Gasteiger partial charge in [0.05, 0.1) is 5.52 Å². The number of thiazole rings is 1. The van der Waals surface area contributed by atoms with E-state index in [1.54, 1.807) is 12.1 Å². The molecule has 0 saturated carbocycles. The average molecular weight is 289 g/mol. The van der Waals surface area contributed by atoms with Crippen LogP contribution in [0, 0.1) is 0 Å². The Labute approximate surface area is 117 Å². The Morgan fingerprint density at radius 3 is 2.95 bits per heavy atom. The Kier molecular flexibility index (Phi) is 3.09. The van der Waals surface area contributed by atoms with Crippen LogP contribution in [0.4, 0.5) is 4.79 Å². The zero-order chi connectivity index (χ0) is 14.1. The second-order valence-electron chi connectivity index (χ2n) is 3.99. The molecule has 1 amide bonds. The lowest BCUT2D eigenvalue weighted by Crippen LogP contribution is -2.16. The largest absolute Gasteiger partial charge is 0.410 e. The maximum atomic E-state index is 10.9. The summed E-state index contributed by atoms with van der Waals surface area (Å²) in [7, 11) is 0. The van der Waals surface area contributed by atoms with Crippen LogP contribution in [0.1, 0.15) is 5.01 Å². The lowest BCUT2D eigenvalue weighted by atomic mass is 10.3. The van der Waals surface area contributed by atoms with Crippen molar-refractivity contribution < 1.29 is 9.53 Å². The molecule has 1 aromatic carbocycles. The molecule has 0 radical (unpaired) electrons. The van der Waals surface area contributed by atoms with Crippen LogP contribution in [0.15, 0.2) is 23.6 Å². The number of carbonyl (C=O) groups is 1. The van der Waals surface area contributed by atoms with Crippen molar-refractivity contribution in [2.24, 2.45) is 11.5 Å². The summed E-state index contributed by atoms with van der Waals surface area (Å²) >= 11 is 1.47. The van der Waals surface area contributed by atoms with E-state index in [-0.39, 0.29) is 0 Å². The van der Waals surface area contributed by atoms with Crippen molar-refractivity contribution in [1.29, 1.82) is 0 Å². The second kappa shape index (κ2) is 4.91. The van der Waals surface area contributed by atoms with Gasteiger partial charge < -0.3 is 21.2 Å². The number of nitrogens with zero attached hydrogens (tertiary/aromatic N) is 2. The van der Waals surface area contributed by atoms with Crippen molar-refractivity contribution in [2.45, 2.75) is 6.54 Å². The van der Waals surface area contributed by atoms with Crippen LogP contribution in [0.2, 0.25) is 0 Å². The first-order chi connectivity index (χ1) is 9.67. The third kappa shape index (κ3) is 2.22. The van der Waals surface area contributed by atoms with Crippen LogP contribution in [0.25, 0.3) is 22.6 Å². The number of hydrogen-bond acceptors (Lipinski definition) is 6. The molecule has 102 valence electrons. The minimum atomic E-state index is -0.874. The lowest BCUT2D eigenvalue weighted by Gasteiger charge is -1.99. The molecule has 20 heavy (non-hydrogen) atoms. The quantitative estimate of drug-likeness (QED) is 0.676. The van der Waals surface area contributed by atoms with Crippen LogP contribution < -0.4 is 16.2 Å². The SMILES string of the molecule is NCc1nc(-c2nc3c(OC(N)=O)cccc3[nH]2)cs1. The first kappa shape index (κ1) is 12.6. The van der Waals surface area contributed by atoms with Gasteiger partial charge in [0, 0.05) is 11.9 Å². The number of nitrogens with one attached hydrogen (secondary N) is 1. The van der Waals surface area contributed by atoms with E-state index in [1.807, 2.05) is 11.4 Å². The van der Waals surface area contributed by atoms with Gasteiger partial charge in [-0.25, -0.2) is 14.8 Å². The number of nitrogens with two attached hydrogens (primary N) is 2.